The van der Waals surface area contributed by atoms with Gasteiger partial charge in [-0.1, -0.05) is 66.1 Å². The highest BCUT2D eigenvalue weighted by molar-refractivity contribution is 8.47. The molecule has 4 rings (SSSR count). The number of esters is 7. The average Bonchev–Trinajstić information content (AvgIpc) is 3.10. The van der Waals surface area contributed by atoms with E-state index in [9.17, 15) is 33.6 Å². The summed E-state index contributed by atoms with van der Waals surface area (Å²) in [6.45, 7) is 6.54. The molecule has 2 aliphatic heterocycles. The quantitative estimate of drug-likeness (QED) is 0.122. The maximum atomic E-state index is 12.7. The fraction of sp³-hybridized carbons (Fsp3) is 0.514. The van der Waals surface area contributed by atoms with E-state index in [1.165, 1.54) is 11.8 Å². The Morgan fingerprint density at radius 3 is 1.58 bits per heavy atom. The van der Waals surface area contributed by atoms with Crippen LogP contribution in [0, 0.1) is 0 Å². The minimum atomic E-state index is -1.79. The molecule has 2 aromatic carbocycles. The second-order valence-electron chi connectivity index (χ2n) is 12.6. The second-order valence-corrected chi connectivity index (χ2v) is 16.0. The van der Waals surface area contributed by atoms with E-state index in [0.717, 1.165) is 75.9 Å². The minimum absolute atomic E-state index is 0.319. The molecular weight excluding hydrogens is 813 g/mol. The Bertz CT molecular complexity index is 1840. The highest BCUT2D eigenvalue weighted by Gasteiger charge is 2.57. The first kappa shape index (κ1) is 45.4. The van der Waals surface area contributed by atoms with Crippen molar-refractivity contribution in [2.24, 2.45) is 0 Å². The molecule has 17 nitrogen and oxygen atoms in total. The van der Waals surface area contributed by atoms with E-state index in [0.29, 0.717) is 3.53 Å². The van der Waals surface area contributed by atoms with Gasteiger partial charge in [0.2, 0.25) is 0 Å². The molecule has 0 saturated carbocycles. The van der Waals surface area contributed by atoms with E-state index in [-0.39, 0.29) is 0 Å². The zero-order chi connectivity index (χ0) is 42.0. The maximum Gasteiger partial charge on any atom is 0.303 e. The van der Waals surface area contributed by atoms with Crippen LogP contribution in [0.5, 0.6) is 0 Å². The van der Waals surface area contributed by atoms with Gasteiger partial charge < -0.3 is 47.4 Å². The van der Waals surface area contributed by atoms with Gasteiger partial charge in [-0.2, -0.15) is 0 Å². The first-order chi connectivity index (χ1) is 26.9. The Hall–Kier alpha value is -4.34. The van der Waals surface area contributed by atoms with Crippen molar-refractivity contribution in [3.05, 3.63) is 42.5 Å². The van der Waals surface area contributed by atoms with Crippen molar-refractivity contribution in [3.8, 4) is 0 Å². The number of ether oxygens (including phenoxy) is 10. The maximum absolute atomic E-state index is 12.7. The molecule has 0 bridgehead atoms. The summed E-state index contributed by atoms with van der Waals surface area (Å²) in [4.78, 5) is 87.2. The molecule has 2 aromatic rings. The summed E-state index contributed by atoms with van der Waals surface area (Å²) in [7, 11) is 0. The molecule has 20 heteroatoms. The number of hydrogen-bond acceptors (Lipinski definition) is 20. The summed E-state index contributed by atoms with van der Waals surface area (Å²) in [6, 6.07) is 13.5. The van der Waals surface area contributed by atoms with Gasteiger partial charge in [-0.3, -0.25) is 33.6 Å². The molecular formula is C37H42O17S3. The predicted molar refractivity (Wildman–Crippen MR) is 203 cm³/mol. The number of thiocarbonyl (C=S) groups is 1. The Kier molecular flexibility index (Phi) is 16.6. The van der Waals surface area contributed by atoms with Crippen LogP contribution in [0.4, 0.5) is 0 Å². The molecule has 0 spiro atoms. The van der Waals surface area contributed by atoms with E-state index in [2.05, 4.69) is 0 Å². The van der Waals surface area contributed by atoms with E-state index in [4.69, 9.17) is 59.6 Å². The van der Waals surface area contributed by atoms with Crippen molar-refractivity contribution in [3.63, 3.8) is 0 Å². The zero-order valence-electron chi connectivity index (χ0n) is 31.9. The number of rotatable bonds is 13. The van der Waals surface area contributed by atoms with Crippen LogP contribution < -0.4 is 0 Å². The van der Waals surface area contributed by atoms with Crippen molar-refractivity contribution < 1.29 is 80.9 Å². The van der Waals surface area contributed by atoms with E-state index < -0.39 is 116 Å². The first-order valence-electron chi connectivity index (χ1n) is 17.4. The topological polar surface area (TPSA) is 212 Å². The number of benzene rings is 2. The van der Waals surface area contributed by atoms with Crippen molar-refractivity contribution in [2.75, 3.05) is 13.2 Å². The summed E-state index contributed by atoms with van der Waals surface area (Å²) in [5.74, 6) is -5.76. The summed E-state index contributed by atoms with van der Waals surface area (Å²) >= 11 is 7.94. The van der Waals surface area contributed by atoms with Gasteiger partial charge in [-0.05, 0) is 22.9 Å². The summed E-state index contributed by atoms with van der Waals surface area (Å²) < 4.78 is 57.6. The lowest BCUT2D eigenvalue weighted by Crippen LogP contribution is -2.66. The predicted octanol–water partition coefficient (Wildman–Crippen LogP) is 3.57. The fourth-order valence-electron chi connectivity index (χ4n) is 6.01. The van der Waals surface area contributed by atoms with Crippen LogP contribution >= 0.6 is 35.7 Å². The Morgan fingerprint density at radius 2 is 1.04 bits per heavy atom. The molecule has 6 unspecified atom stereocenters. The van der Waals surface area contributed by atoms with Crippen LogP contribution in [0.1, 0.15) is 48.5 Å². The lowest BCUT2D eigenvalue weighted by molar-refractivity contribution is -0.341. The molecule has 10 atom stereocenters. The van der Waals surface area contributed by atoms with Crippen LogP contribution in [0.15, 0.2) is 47.4 Å². The molecule has 0 N–H and O–H groups in total. The number of thioether (sulfide) groups is 2. The summed E-state index contributed by atoms with van der Waals surface area (Å²) in [5, 5.41) is 1.99. The van der Waals surface area contributed by atoms with Crippen LogP contribution in [0.3, 0.4) is 0 Å². The average molecular weight is 855 g/mol. The van der Waals surface area contributed by atoms with Gasteiger partial charge in [0.1, 0.15) is 40.5 Å². The number of carbonyl (C=O) groups excluding carboxylic acids is 7. The smallest absolute Gasteiger partial charge is 0.303 e. The first-order valence-corrected chi connectivity index (χ1v) is 19.5. The molecule has 0 aliphatic carbocycles. The van der Waals surface area contributed by atoms with Gasteiger partial charge in [0.25, 0.3) is 0 Å². The molecule has 0 amide bonds. The third-order valence-corrected chi connectivity index (χ3v) is 10.6. The number of hydrogen-bond donors (Lipinski definition) is 0. The molecule has 2 fully saturated rings. The van der Waals surface area contributed by atoms with Crippen molar-refractivity contribution in [2.45, 2.75) is 114 Å². The molecule has 2 saturated heterocycles. The Labute approximate surface area is 341 Å². The highest BCUT2D eigenvalue weighted by atomic mass is 32.2. The number of carbonyl (C=O) groups is 7. The standard InChI is InChI=1S/C37H42O17S3/c1-17(38)45-15-27-29(47-19(3)40)31(48-20(4)41)33(50-22(6)43)35(52-27)54-30-28(16-46-18(2)39)53-36(34(51-23(7)44)32(30)49-21(5)42)57-37(55)56-26-13-12-24-10-8-9-11-25(24)14-26/h8-14,27-36H,15-16H2,1-7H3/t27?,28?,29-,30+,31?,32?,33?,34?,35-,36-/m0/s1. The zero-order valence-corrected chi connectivity index (χ0v) is 34.3. The molecule has 310 valence electrons. The van der Waals surface area contributed by atoms with Gasteiger partial charge in [-0.25, -0.2) is 0 Å². The minimum Gasteiger partial charge on any atom is -0.463 e. The lowest BCUT2D eigenvalue weighted by Gasteiger charge is -2.48. The van der Waals surface area contributed by atoms with E-state index >= 15 is 0 Å². The SMILES string of the molecule is CC(=O)OCC1O[C@@H](SC(=S)Sc2ccc3ccccc3c2)C(OC(C)=O)C(OC(C)=O)[C@@H]1O[C@@H]1OC(COC(C)=O)[C@H](OC(C)=O)C(OC(C)=O)C1OC(C)=O. The molecule has 0 aromatic heterocycles. The van der Waals surface area contributed by atoms with E-state index in [1.54, 1.807) is 0 Å². The monoisotopic (exact) mass is 854 g/mol. The number of fused-ring (bicyclic) bond motifs is 1. The summed E-state index contributed by atoms with van der Waals surface area (Å²) in [6.07, 6.45) is -13.9. The second kappa shape index (κ2) is 20.9. The van der Waals surface area contributed by atoms with Gasteiger partial charge in [0, 0.05) is 53.4 Å². The Balaban J connectivity index is 1.76. The largest absolute Gasteiger partial charge is 0.463 e. The van der Waals surface area contributed by atoms with Gasteiger partial charge >= 0.3 is 41.8 Å². The van der Waals surface area contributed by atoms with Crippen molar-refractivity contribution >= 4 is 91.8 Å². The van der Waals surface area contributed by atoms with Crippen LogP contribution in [0.25, 0.3) is 10.8 Å². The fourth-order valence-corrected chi connectivity index (χ4v) is 8.60. The van der Waals surface area contributed by atoms with E-state index in [1.807, 2.05) is 42.5 Å². The molecule has 0 radical (unpaired) electrons. The normalized spacial score (nSPS) is 26.9. The van der Waals surface area contributed by atoms with Gasteiger partial charge in [0.05, 0.1) is 0 Å². The van der Waals surface area contributed by atoms with Crippen molar-refractivity contribution in [1.82, 2.24) is 0 Å². The third-order valence-electron chi connectivity index (χ3n) is 8.02. The van der Waals surface area contributed by atoms with Crippen molar-refractivity contribution in [1.29, 1.82) is 0 Å². The van der Waals surface area contributed by atoms with Gasteiger partial charge in [-0.15, -0.1) is 0 Å². The van der Waals surface area contributed by atoms with Crippen LogP contribution in [-0.2, 0) is 80.9 Å². The Morgan fingerprint density at radius 1 is 0.561 bits per heavy atom. The van der Waals surface area contributed by atoms with Gasteiger partial charge in [0.15, 0.2) is 36.8 Å². The highest BCUT2D eigenvalue weighted by Crippen LogP contribution is 2.40. The third kappa shape index (κ3) is 13.4. The summed E-state index contributed by atoms with van der Waals surface area (Å²) in [5.41, 5.74) is -1.19. The molecule has 57 heavy (non-hydrogen) atoms. The lowest BCUT2D eigenvalue weighted by atomic mass is 9.96. The molecule has 2 aliphatic rings. The van der Waals surface area contributed by atoms with Crippen LogP contribution in [-0.4, -0.2) is 119 Å². The van der Waals surface area contributed by atoms with Crippen LogP contribution in [0.2, 0.25) is 0 Å². The molecule has 2 heterocycles.